The Morgan fingerprint density at radius 2 is 2.50 bits per heavy atom. The summed E-state index contributed by atoms with van der Waals surface area (Å²) in [5.41, 5.74) is 5.70. The standard InChI is InChI=1S/C10H14ClN3/c11-9-4-1-5-13-10(9)14-6-2-3-8(14)7-12/h1,4-5,8H,2-3,6-7,12H2/t8-/m1/s1. The number of rotatable bonds is 2. The minimum atomic E-state index is 0.405. The number of anilines is 1. The van der Waals surface area contributed by atoms with E-state index in [0.717, 1.165) is 18.8 Å². The molecule has 0 unspecified atom stereocenters. The molecule has 1 saturated heterocycles. The highest BCUT2D eigenvalue weighted by atomic mass is 35.5. The third kappa shape index (κ3) is 1.70. The molecule has 0 amide bonds. The summed E-state index contributed by atoms with van der Waals surface area (Å²) >= 11 is 6.08. The van der Waals surface area contributed by atoms with Crippen LogP contribution in [0, 0.1) is 0 Å². The number of halogens is 1. The summed E-state index contributed by atoms with van der Waals surface area (Å²) in [5, 5.41) is 0.716. The van der Waals surface area contributed by atoms with Gasteiger partial charge < -0.3 is 10.6 Å². The van der Waals surface area contributed by atoms with E-state index in [2.05, 4.69) is 9.88 Å². The summed E-state index contributed by atoms with van der Waals surface area (Å²) in [6.07, 6.45) is 4.09. The molecule has 0 aromatic carbocycles. The third-order valence-corrected chi connectivity index (χ3v) is 2.96. The van der Waals surface area contributed by atoms with Gasteiger partial charge in [-0.3, -0.25) is 0 Å². The molecule has 1 atom stereocenters. The molecule has 1 aliphatic rings. The number of nitrogens with two attached hydrogens (primary N) is 1. The van der Waals surface area contributed by atoms with Crippen LogP contribution in [0.2, 0.25) is 5.02 Å². The van der Waals surface area contributed by atoms with Crippen molar-refractivity contribution in [2.24, 2.45) is 5.73 Å². The number of aromatic nitrogens is 1. The van der Waals surface area contributed by atoms with Crippen LogP contribution in [0.5, 0.6) is 0 Å². The molecule has 3 nitrogen and oxygen atoms in total. The molecule has 0 radical (unpaired) electrons. The van der Waals surface area contributed by atoms with E-state index in [4.69, 9.17) is 17.3 Å². The van der Waals surface area contributed by atoms with E-state index in [1.54, 1.807) is 6.20 Å². The first-order valence-electron chi connectivity index (χ1n) is 4.90. The molecule has 0 aliphatic carbocycles. The first-order valence-corrected chi connectivity index (χ1v) is 5.28. The molecule has 0 saturated carbocycles. The fourth-order valence-electron chi connectivity index (χ4n) is 1.95. The maximum absolute atomic E-state index is 6.08. The van der Waals surface area contributed by atoms with Gasteiger partial charge in [0.1, 0.15) is 5.82 Å². The van der Waals surface area contributed by atoms with Gasteiger partial charge in [-0.1, -0.05) is 11.6 Å². The molecule has 2 N–H and O–H groups in total. The maximum Gasteiger partial charge on any atom is 0.147 e. The second-order valence-electron chi connectivity index (χ2n) is 3.53. The van der Waals surface area contributed by atoms with Gasteiger partial charge in [0.15, 0.2) is 0 Å². The second kappa shape index (κ2) is 4.15. The molecule has 1 aliphatic heterocycles. The maximum atomic E-state index is 6.08. The fourth-order valence-corrected chi connectivity index (χ4v) is 2.18. The zero-order valence-corrected chi connectivity index (χ0v) is 8.74. The summed E-state index contributed by atoms with van der Waals surface area (Å²) in [6.45, 7) is 1.69. The molecule has 14 heavy (non-hydrogen) atoms. The average molecular weight is 212 g/mol. The molecule has 0 spiro atoms. The van der Waals surface area contributed by atoms with Gasteiger partial charge in [0.05, 0.1) is 5.02 Å². The van der Waals surface area contributed by atoms with E-state index in [9.17, 15) is 0 Å². The fraction of sp³-hybridized carbons (Fsp3) is 0.500. The van der Waals surface area contributed by atoms with Crippen molar-refractivity contribution in [3.63, 3.8) is 0 Å². The van der Waals surface area contributed by atoms with Crippen LogP contribution in [-0.2, 0) is 0 Å². The SMILES string of the molecule is NC[C@H]1CCCN1c1ncccc1Cl. The Morgan fingerprint density at radius 1 is 1.64 bits per heavy atom. The minimum absolute atomic E-state index is 0.405. The van der Waals surface area contributed by atoms with E-state index < -0.39 is 0 Å². The Balaban J connectivity index is 2.26. The molecular weight excluding hydrogens is 198 g/mol. The van der Waals surface area contributed by atoms with Crippen LogP contribution in [-0.4, -0.2) is 24.1 Å². The molecule has 2 heterocycles. The van der Waals surface area contributed by atoms with Crippen LogP contribution < -0.4 is 10.6 Å². The van der Waals surface area contributed by atoms with Crippen LogP contribution in [0.15, 0.2) is 18.3 Å². The topological polar surface area (TPSA) is 42.1 Å². The van der Waals surface area contributed by atoms with Gasteiger partial charge >= 0.3 is 0 Å². The van der Waals surface area contributed by atoms with Gasteiger partial charge in [0, 0.05) is 25.3 Å². The number of nitrogens with zero attached hydrogens (tertiary/aromatic N) is 2. The lowest BCUT2D eigenvalue weighted by molar-refractivity contribution is 0.671. The van der Waals surface area contributed by atoms with Crippen molar-refractivity contribution in [1.29, 1.82) is 0 Å². The van der Waals surface area contributed by atoms with E-state index in [1.807, 2.05) is 12.1 Å². The molecule has 1 aromatic heterocycles. The number of hydrogen-bond donors (Lipinski definition) is 1. The lowest BCUT2D eigenvalue weighted by Gasteiger charge is -2.25. The van der Waals surface area contributed by atoms with Gasteiger partial charge in [-0.15, -0.1) is 0 Å². The summed E-state index contributed by atoms with van der Waals surface area (Å²) < 4.78 is 0. The van der Waals surface area contributed by atoms with Gasteiger partial charge in [-0.25, -0.2) is 4.98 Å². The van der Waals surface area contributed by atoms with Crippen LogP contribution in [0.3, 0.4) is 0 Å². The summed E-state index contributed by atoms with van der Waals surface area (Å²) in [4.78, 5) is 6.51. The van der Waals surface area contributed by atoms with Crippen molar-refractivity contribution in [2.45, 2.75) is 18.9 Å². The number of hydrogen-bond acceptors (Lipinski definition) is 3. The minimum Gasteiger partial charge on any atom is -0.351 e. The van der Waals surface area contributed by atoms with Crippen LogP contribution in [0.1, 0.15) is 12.8 Å². The Kier molecular flexibility index (Phi) is 2.89. The van der Waals surface area contributed by atoms with Gasteiger partial charge in [0.25, 0.3) is 0 Å². The Labute approximate surface area is 88.9 Å². The third-order valence-electron chi connectivity index (χ3n) is 2.66. The normalized spacial score (nSPS) is 21.6. The lowest BCUT2D eigenvalue weighted by atomic mass is 10.2. The van der Waals surface area contributed by atoms with E-state index in [-0.39, 0.29) is 0 Å². The van der Waals surface area contributed by atoms with Crippen molar-refractivity contribution in [2.75, 3.05) is 18.0 Å². The molecule has 2 rings (SSSR count). The van der Waals surface area contributed by atoms with Crippen molar-refractivity contribution in [3.05, 3.63) is 23.4 Å². The zero-order valence-electron chi connectivity index (χ0n) is 7.99. The molecule has 4 heteroatoms. The Morgan fingerprint density at radius 3 is 3.21 bits per heavy atom. The number of pyridine rings is 1. The van der Waals surface area contributed by atoms with Gasteiger partial charge in [0.2, 0.25) is 0 Å². The second-order valence-corrected chi connectivity index (χ2v) is 3.94. The van der Waals surface area contributed by atoms with Crippen LogP contribution in [0.25, 0.3) is 0 Å². The summed E-state index contributed by atoms with van der Waals surface area (Å²) in [7, 11) is 0. The first-order chi connectivity index (χ1) is 6.83. The highest BCUT2D eigenvalue weighted by Crippen LogP contribution is 2.28. The molecule has 1 aromatic rings. The highest BCUT2D eigenvalue weighted by Gasteiger charge is 2.25. The largest absolute Gasteiger partial charge is 0.351 e. The zero-order chi connectivity index (χ0) is 9.97. The van der Waals surface area contributed by atoms with Crippen molar-refractivity contribution < 1.29 is 0 Å². The predicted molar refractivity (Wildman–Crippen MR) is 58.7 cm³/mol. The summed E-state index contributed by atoms with van der Waals surface area (Å²) in [6, 6.07) is 4.12. The van der Waals surface area contributed by atoms with Crippen molar-refractivity contribution >= 4 is 17.4 Å². The quantitative estimate of drug-likeness (QED) is 0.809. The van der Waals surface area contributed by atoms with Crippen LogP contribution in [0.4, 0.5) is 5.82 Å². The predicted octanol–water partition coefficient (Wildman–Crippen LogP) is 1.66. The monoisotopic (exact) mass is 211 g/mol. The van der Waals surface area contributed by atoms with Crippen LogP contribution >= 0.6 is 11.6 Å². The average Bonchev–Trinajstić information content (AvgIpc) is 2.66. The van der Waals surface area contributed by atoms with E-state index in [1.165, 1.54) is 6.42 Å². The lowest BCUT2D eigenvalue weighted by Crippen LogP contribution is -2.36. The van der Waals surface area contributed by atoms with Crippen molar-refractivity contribution in [3.8, 4) is 0 Å². The molecule has 0 bridgehead atoms. The first kappa shape index (κ1) is 9.74. The molecular formula is C10H14ClN3. The summed E-state index contributed by atoms with van der Waals surface area (Å²) in [5.74, 6) is 0.877. The highest BCUT2D eigenvalue weighted by molar-refractivity contribution is 6.32. The van der Waals surface area contributed by atoms with E-state index >= 15 is 0 Å². The van der Waals surface area contributed by atoms with Crippen molar-refractivity contribution in [1.82, 2.24) is 4.98 Å². The van der Waals surface area contributed by atoms with E-state index in [0.29, 0.717) is 17.6 Å². The molecule has 1 fully saturated rings. The van der Waals surface area contributed by atoms with Gasteiger partial charge in [-0.05, 0) is 25.0 Å². The van der Waals surface area contributed by atoms with Gasteiger partial charge in [-0.2, -0.15) is 0 Å². The Bertz CT molecular complexity index is 316. The Hall–Kier alpha value is -0.800. The molecule has 76 valence electrons. The smallest absolute Gasteiger partial charge is 0.147 e.